The first-order chi connectivity index (χ1) is 65.4. The van der Waals surface area contributed by atoms with Gasteiger partial charge >= 0.3 is 41.1 Å². The van der Waals surface area contributed by atoms with E-state index in [9.17, 15) is 0 Å². The van der Waals surface area contributed by atoms with Gasteiger partial charge in [-0.15, -0.1) is 0 Å². The summed E-state index contributed by atoms with van der Waals surface area (Å²) in [5.41, 5.74) is 20.7. The van der Waals surface area contributed by atoms with E-state index in [1.54, 1.807) is 0 Å². The highest BCUT2D eigenvalue weighted by Crippen LogP contribution is 2.47. The maximum Gasteiger partial charge on any atom is 0.313 e. The fourth-order valence-corrected chi connectivity index (χ4v) is 21.2. The molecular weight excluding hydrogens is 1590 g/mol. The normalized spacial score (nSPS) is 15.2. The SMILES string of the molecule is C1=CB2C=Cc3cc4c(ccc5ccccc54)cc3N2C=C1.C1=CB2C=Cc3cc4c(ccc5ccccc54)cc3N2C=C1.C1=CB2C=Cc3cc4cc5ccccc5cc4cc3N2C=C1.C1=CB2C=Cc3cc4ccc5ccccc5c4cc3N2C=C1.C1=Cc2ccccc2N2B1C=Cc1cc3ccccc3cc12.C1=Cc2ccccc2N2B1C=Cc1ccc3ccccc3c12. The third-order valence-electron chi connectivity index (χ3n) is 27.7. The van der Waals surface area contributed by atoms with Gasteiger partial charge in [0.1, 0.15) is 0 Å². The lowest BCUT2D eigenvalue weighted by molar-refractivity contribution is 1.35. The fraction of sp³-hybridized carbons (Fsp3) is 0. The highest BCUT2D eigenvalue weighted by molar-refractivity contribution is 6.79. The second kappa shape index (κ2) is 33.0. The molecule has 18 aromatic rings. The number of allylic oxidation sites excluding steroid dienone is 8. The molecule has 0 saturated carbocycles. The summed E-state index contributed by atoms with van der Waals surface area (Å²) in [4.78, 5) is 14.3. The third-order valence-corrected chi connectivity index (χ3v) is 27.7. The van der Waals surface area contributed by atoms with E-state index in [4.69, 9.17) is 0 Å². The van der Waals surface area contributed by atoms with Crippen molar-refractivity contribution in [3.63, 3.8) is 0 Å². The van der Waals surface area contributed by atoms with E-state index < -0.39 is 0 Å². The number of nitrogens with zero attached hydrogens (tertiary/aromatic N) is 6. The third kappa shape index (κ3) is 14.1. The molecule has 0 radical (unpaired) electrons. The molecule has 6 nitrogen and oxygen atoms in total. The van der Waals surface area contributed by atoms with Crippen LogP contribution in [-0.2, 0) is 0 Å². The van der Waals surface area contributed by atoms with Crippen molar-refractivity contribution in [3.8, 4) is 0 Å². The van der Waals surface area contributed by atoms with E-state index in [2.05, 4.69) is 538 Å². The summed E-state index contributed by atoms with van der Waals surface area (Å²) in [6, 6.07) is 114. The number of para-hydroxylation sites is 2. The van der Waals surface area contributed by atoms with Crippen molar-refractivity contribution in [2.24, 2.45) is 0 Å². The molecule has 0 unspecified atom stereocenters. The molecule has 18 aromatic carbocycles. The standard InChI is InChI=1S/6C20H14BN/c1-3-7-18-15(5-1)9-10-17-12-14-21-13-11-16-6-2-4-8-19(16)22(21)20(17)18;1-2-7-17-14-20-18(13-16(17)6-1)10-12-21-11-9-15-5-3-4-8-19(15)22(20)21;2*1-2-6-18-15(5-1)7-8-16-14-20-17(13-19(16)18)9-11-21-10-3-4-12-22(20)21;1-2-6-18-15(5-1)7-8-16-13-17-9-11-21-10-3-4-12-22(21)20(17)14-19(16)18;1-2-6-16-12-19-14-20-17(13-18(19)11-15(16)5-1)7-9-21-8-3-4-10-22(20)21/h6*1-14H. The molecule has 0 aliphatic carbocycles. The first-order valence-corrected chi connectivity index (χ1v) is 46.0. The molecule has 0 atom stereocenters. The molecule has 0 spiro atoms. The van der Waals surface area contributed by atoms with E-state index in [0.717, 1.165) is 0 Å². The zero-order chi connectivity index (χ0) is 87.1. The molecule has 0 saturated heterocycles. The Morgan fingerprint density at radius 2 is 0.424 bits per heavy atom. The number of benzene rings is 18. The summed E-state index contributed by atoms with van der Waals surface area (Å²) in [5.74, 6) is 27.1. The van der Waals surface area contributed by atoms with E-state index >= 15 is 0 Å². The summed E-state index contributed by atoms with van der Waals surface area (Å²) >= 11 is 0. The molecule has 132 heavy (non-hydrogen) atoms. The Bertz CT molecular complexity index is 8200. The summed E-state index contributed by atoms with van der Waals surface area (Å²) in [6.45, 7) is 1.97. The molecule has 12 heterocycles. The highest BCUT2D eigenvalue weighted by atomic mass is 15.1. The van der Waals surface area contributed by atoms with Crippen molar-refractivity contribution in [2.75, 3.05) is 28.9 Å². The Kier molecular flexibility index (Phi) is 19.5. The van der Waals surface area contributed by atoms with Gasteiger partial charge in [-0.1, -0.05) is 375 Å². The van der Waals surface area contributed by atoms with E-state index in [0.29, 0.717) is 41.1 Å². The van der Waals surface area contributed by atoms with Gasteiger partial charge in [-0.3, -0.25) is 0 Å². The minimum atomic E-state index is 0.299. The molecule has 12 aliphatic rings. The molecule has 0 N–H and O–H groups in total. The van der Waals surface area contributed by atoms with E-state index in [1.165, 1.54) is 198 Å². The lowest BCUT2D eigenvalue weighted by Gasteiger charge is -2.37. The number of hydrogen-bond acceptors (Lipinski definition) is 6. The maximum absolute atomic E-state index is 2.47. The maximum atomic E-state index is 2.47. The summed E-state index contributed by atoms with van der Waals surface area (Å²) in [7, 11) is 0. The van der Waals surface area contributed by atoms with Crippen LogP contribution in [0.2, 0.25) is 0 Å². The second-order valence-electron chi connectivity index (χ2n) is 35.4. The van der Waals surface area contributed by atoms with Crippen molar-refractivity contribution in [1.82, 2.24) is 0 Å². The minimum Gasteiger partial charge on any atom is -0.383 e. The average Bonchev–Trinajstić information content (AvgIpc) is 0.736. The summed E-state index contributed by atoms with van der Waals surface area (Å²) < 4.78 is 0. The minimum absolute atomic E-state index is 0.299. The van der Waals surface area contributed by atoms with Crippen LogP contribution in [0.25, 0.3) is 156 Å². The van der Waals surface area contributed by atoms with Crippen LogP contribution >= 0.6 is 0 Å². The van der Waals surface area contributed by atoms with Crippen molar-refractivity contribution in [3.05, 3.63) is 505 Å². The van der Waals surface area contributed by atoms with Gasteiger partial charge in [0, 0.05) is 50.9 Å². The van der Waals surface area contributed by atoms with Crippen LogP contribution in [0, 0.1) is 0 Å². The van der Waals surface area contributed by atoms with Crippen LogP contribution in [0.5, 0.6) is 0 Å². The van der Waals surface area contributed by atoms with Gasteiger partial charge in [-0.2, -0.15) is 0 Å². The van der Waals surface area contributed by atoms with Gasteiger partial charge in [0.2, 0.25) is 0 Å². The monoisotopic (exact) mass is 1670 g/mol. The van der Waals surface area contributed by atoms with Gasteiger partial charge < -0.3 is 28.9 Å². The molecular formula is C120H84B6N6. The average molecular weight is 1670 g/mol. The largest absolute Gasteiger partial charge is 0.383 e. The number of anilines is 8. The topological polar surface area (TPSA) is 19.4 Å². The van der Waals surface area contributed by atoms with Crippen LogP contribution in [0.3, 0.4) is 0 Å². The van der Waals surface area contributed by atoms with Gasteiger partial charge in [0.15, 0.2) is 0 Å². The molecule has 0 fully saturated rings. The van der Waals surface area contributed by atoms with E-state index in [-0.39, 0.29) is 0 Å². The molecule has 0 bridgehead atoms. The van der Waals surface area contributed by atoms with Crippen molar-refractivity contribution < 1.29 is 0 Å². The van der Waals surface area contributed by atoms with Gasteiger partial charge in [0.05, 0.1) is 0 Å². The quantitative estimate of drug-likeness (QED) is 0.0850. The summed E-state index contributed by atoms with van der Waals surface area (Å²) in [5, 5.41) is 26.2. The second-order valence-corrected chi connectivity index (χ2v) is 35.4. The predicted octanol–water partition coefficient (Wildman–Crippen LogP) is 30.1. The number of rotatable bonds is 0. The van der Waals surface area contributed by atoms with Crippen LogP contribution in [0.1, 0.15) is 44.5 Å². The van der Waals surface area contributed by atoms with Crippen molar-refractivity contribution in [1.29, 1.82) is 0 Å². The Morgan fingerprint density at radius 3 is 0.894 bits per heavy atom. The lowest BCUT2D eigenvalue weighted by atomic mass is 9.55. The zero-order valence-electron chi connectivity index (χ0n) is 72.6. The van der Waals surface area contributed by atoms with Gasteiger partial charge in [0.25, 0.3) is 0 Å². The molecule has 0 amide bonds. The highest BCUT2D eigenvalue weighted by Gasteiger charge is 2.34. The Balaban J connectivity index is 0.0000000851. The van der Waals surface area contributed by atoms with Gasteiger partial charge in [-0.25, -0.2) is 0 Å². The van der Waals surface area contributed by atoms with E-state index in [1.807, 2.05) is 0 Å². The first-order valence-electron chi connectivity index (χ1n) is 46.0. The predicted molar refractivity (Wildman–Crippen MR) is 581 cm³/mol. The number of hydrogen-bond donors (Lipinski definition) is 0. The lowest BCUT2D eigenvalue weighted by Crippen LogP contribution is -2.37. The van der Waals surface area contributed by atoms with Crippen LogP contribution in [0.15, 0.2) is 461 Å². The molecule has 612 valence electrons. The van der Waals surface area contributed by atoms with Gasteiger partial charge in [-0.05, 0) is 281 Å². The van der Waals surface area contributed by atoms with Crippen molar-refractivity contribution >= 4 is 243 Å². The molecule has 12 heteroatoms. The molecule has 30 rings (SSSR count). The Morgan fingerprint density at radius 1 is 0.144 bits per heavy atom. The smallest absolute Gasteiger partial charge is 0.313 e. The number of fused-ring (bicyclic) bond motifs is 36. The van der Waals surface area contributed by atoms with Crippen LogP contribution in [-0.4, -0.2) is 41.1 Å². The molecule has 0 aromatic heterocycles. The molecule has 12 aliphatic heterocycles. The Labute approximate surface area is 771 Å². The fourth-order valence-electron chi connectivity index (χ4n) is 21.2. The summed E-state index contributed by atoms with van der Waals surface area (Å²) in [6.07, 6.45) is 43.5. The van der Waals surface area contributed by atoms with Crippen LogP contribution < -0.4 is 28.9 Å². The Hall–Kier alpha value is -16.4. The first kappa shape index (κ1) is 77.9. The van der Waals surface area contributed by atoms with Crippen LogP contribution in [0.4, 0.5) is 45.5 Å². The zero-order valence-corrected chi connectivity index (χ0v) is 72.6. The van der Waals surface area contributed by atoms with Crippen molar-refractivity contribution in [2.45, 2.75) is 0 Å².